The first-order chi connectivity index (χ1) is 13.5. The lowest BCUT2D eigenvalue weighted by molar-refractivity contribution is -0.385. The average molecular weight is 444 g/mol. The largest absolute Gasteiger partial charge is 0.379 e. The fraction of sp³-hybridized carbons (Fsp3) is 0.250. The van der Waals surface area contributed by atoms with Crippen molar-refractivity contribution in [3.05, 3.63) is 68.8 Å². The Kier molecular flexibility index (Phi) is 7.00. The molecule has 29 heavy (non-hydrogen) atoms. The first kappa shape index (κ1) is 22.4. The van der Waals surface area contributed by atoms with Gasteiger partial charge in [0, 0.05) is 24.3 Å². The SMILES string of the molecule is O=[N+]([O-])c1cccc(S(=O)(=O)CCOCCS(=O)(=O)c2cccc([N+](=O)[O-])c2)c1. The second kappa shape index (κ2) is 9.07. The molecule has 0 aromatic heterocycles. The van der Waals surface area contributed by atoms with Gasteiger partial charge in [0.15, 0.2) is 19.7 Å². The molecule has 0 saturated carbocycles. The van der Waals surface area contributed by atoms with E-state index in [0.29, 0.717) is 0 Å². The summed E-state index contributed by atoms with van der Waals surface area (Å²) in [6, 6.07) is 9.12. The smallest absolute Gasteiger partial charge is 0.270 e. The lowest BCUT2D eigenvalue weighted by Gasteiger charge is -2.07. The Balaban J connectivity index is 1.92. The van der Waals surface area contributed by atoms with Crippen molar-refractivity contribution in [1.82, 2.24) is 0 Å². The summed E-state index contributed by atoms with van der Waals surface area (Å²) in [6.45, 7) is -0.648. The van der Waals surface area contributed by atoms with Crippen molar-refractivity contribution in [1.29, 1.82) is 0 Å². The fourth-order valence-corrected chi connectivity index (χ4v) is 4.57. The third kappa shape index (κ3) is 6.04. The van der Waals surface area contributed by atoms with E-state index in [9.17, 15) is 37.1 Å². The van der Waals surface area contributed by atoms with Crippen molar-refractivity contribution in [2.75, 3.05) is 24.7 Å². The van der Waals surface area contributed by atoms with E-state index >= 15 is 0 Å². The minimum Gasteiger partial charge on any atom is -0.379 e. The van der Waals surface area contributed by atoms with E-state index in [1.165, 1.54) is 24.3 Å². The van der Waals surface area contributed by atoms with E-state index in [1.807, 2.05) is 0 Å². The van der Waals surface area contributed by atoms with Gasteiger partial charge in [-0.2, -0.15) is 0 Å². The highest BCUT2D eigenvalue weighted by Gasteiger charge is 2.20. The Morgan fingerprint density at radius 1 is 0.724 bits per heavy atom. The number of nitrogens with zero attached hydrogens (tertiary/aromatic N) is 2. The van der Waals surface area contributed by atoms with Crippen LogP contribution in [-0.4, -0.2) is 51.4 Å². The van der Waals surface area contributed by atoms with E-state index in [2.05, 4.69) is 0 Å². The van der Waals surface area contributed by atoms with Crippen LogP contribution >= 0.6 is 0 Å². The summed E-state index contributed by atoms with van der Waals surface area (Å²) in [4.78, 5) is 19.6. The van der Waals surface area contributed by atoms with Gasteiger partial charge in [0.2, 0.25) is 0 Å². The molecule has 0 unspecified atom stereocenters. The molecule has 0 amide bonds. The lowest BCUT2D eigenvalue weighted by Crippen LogP contribution is -2.17. The normalized spacial score (nSPS) is 11.9. The van der Waals surface area contributed by atoms with Gasteiger partial charge in [-0.15, -0.1) is 0 Å². The standard InChI is InChI=1S/C16H16N2O9S2/c19-17(20)13-3-1-5-15(11-13)28(23,24)9-7-27-8-10-29(25,26)16-6-2-4-14(12-16)18(21)22/h1-6,11-12H,7-10H2. The zero-order valence-corrected chi connectivity index (χ0v) is 16.5. The third-order valence-electron chi connectivity index (χ3n) is 3.77. The minimum absolute atomic E-state index is 0.237. The Morgan fingerprint density at radius 3 is 1.45 bits per heavy atom. The summed E-state index contributed by atoms with van der Waals surface area (Å²) in [7, 11) is -7.71. The van der Waals surface area contributed by atoms with E-state index in [-0.39, 0.29) is 34.4 Å². The second-order valence-electron chi connectivity index (χ2n) is 5.76. The van der Waals surface area contributed by atoms with Crippen LogP contribution in [0.1, 0.15) is 0 Å². The van der Waals surface area contributed by atoms with Crippen LogP contribution in [0.5, 0.6) is 0 Å². The topological polar surface area (TPSA) is 164 Å². The maximum Gasteiger partial charge on any atom is 0.270 e. The molecule has 2 rings (SSSR count). The summed E-state index contributed by atoms with van der Waals surface area (Å²) < 4.78 is 53.9. The van der Waals surface area contributed by atoms with Crippen LogP contribution in [0.25, 0.3) is 0 Å². The number of nitro benzene ring substituents is 2. The van der Waals surface area contributed by atoms with E-state index in [0.717, 1.165) is 24.3 Å². The van der Waals surface area contributed by atoms with Crippen LogP contribution in [-0.2, 0) is 24.4 Å². The lowest BCUT2D eigenvalue weighted by atomic mass is 10.3. The summed E-state index contributed by atoms with van der Waals surface area (Å²) in [5.74, 6) is -0.990. The number of sulfone groups is 2. The minimum atomic E-state index is -3.85. The fourth-order valence-electron chi connectivity index (χ4n) is 2.26. The Bertz CT molecular complexity index is 1040. The van der Waals surface area contributed by atoms with Crippen molar-refractivity contribution in [3.8, 4) is 0 Å². The molecule has 0 fully saturated rings. The first-order valence-electron chi connectivity index (χ1n) is 8.05. The molecule has 0 radical (unpaired) electrons. The Morgan fingerprint density at radius 2 is 1.10 bits per heavy atom. The van der Waals surface area contributed by atoms with Gasteiger partial charge in [0.05, 0.1) is 44.4 Å². The van der Waals surface area contributed by atoms with Crippen molar-refractivity contribution >= 4 is 31.0 Å². The van der Waals surface area contributed by atoms with Gasteiger partial charge in [-0.1, -0.05) is 12.1 Å². The molecular formula is C16H16N2O9S2. The number of ether oxygens (including phenoxy) is 1. The van der Waals surface area contributed by atoms with Gasteiger partial charge in [-0.25, -0.2) is 16.8 Å². The number of non-ortho nitro benzene ring substituents is 2. The monoisotopic (exact) mass is 444 g/mol. The van der Waals surface area contributed by atoms with E-state index in [4.69, 9.17) is 4.74 Å². The highest BCUT2D eigenvalue weighted by atomic mass is 32.2. The summed E-state index contributed by atoms with van der Waals surface area (Å²) in [5, 5.41) is 21.5. The van der Waals surface area contributed by atoms with Gasteiger partial charge in [0.1, 0.15) is 0 Å². The molecule has 0 spiro atoms. The molecule has 13 heteroatoms. The van der Waals surface area contributed by atoms with Crippen LogP contribution in [0, 0.1) is 20.2 Å². The molecule has 156 valence electrons. The van der Waals surface area contributed by atoms with Gasteiger partial charge in [0.25, 0.3) is 11.4 Å². The third-order valence-corrected chi connectivity index (χ3v) is 7.12. The Labute approximate surface area is 166 Å². The second-order valence-corrected chi connectivity index (χ2v) is 9.98. The van der Waals surface area contributed by atoms with Crippen molar-refractivity contribution in [2.24, 2.45) is 0 Å². The number of nitro groups is 2. The summed E-state index contributed by atoms with van der Waals surface area (Å²) in [6.07, 6.45) is 0. The van der Waals surface area contributed by atoms with Crippen molar-refractivity contribution < 1.29 is 31.4 Å². The van der Waals surface area contributed by atoms with Gasteiger partial charge >= 0.3 is 0 Å². The van der Waals surface area contributed by atoms with Crippen LogP contribution in [0.2, 0.25) is 0 Å². The highest BCUT2D eigenvalue weighted by molar-refractivity contribution is 7.91. The number of rotatable bonds is 10. The maximum atomic E-state index is 12.2. The average Bonchev–Trinajstić information content (AvgIpc) is 2.67. The first-order valence-corrected chi connectivity index (χ1v) is 11.4. The molecule has 11 nitrogen and oxygen atoms in total. The molecule has 2 aromatic carbocycles. The van der Waals surface area contributed by atoms with Crippen molar-refractivity contribution in [2.45, 2.75) is 9.79 Å². The number of hydrogen-bond acceptors (Lipinski definition) is 9. The molecule has 0 aliphatic carbocycles. The predicted molar refractivity (Wildman–Crippen MR) is 101 cm³/mol. The maximum absolute atomic E-state index is 12.2. The van der Waals surface area contributed by atoms with Gasteiger partial charge < -0.3 is 4.74 Å². The molecule has 0 aliphatic heterocycles. The summed E-state index contributed by atoms with van der Waals surface area (Å²) in [5.41, 5.74) is -0.731. The molecule has 0 aliphatic rings. The molecule has 0 N–H and O–H groups in total. The molecule has 0 heterocycles. The number of hydrogen-bond donors (Lipinski definition) is 0. The van der Waals surface area contributed by atoms with Crippen LogP contribution in [0.4, 0.5) is 11.4 Å². The van der Waals surface area contributed by atoms with E-state index < -0.39 is 41.0 Å². The van der Waals surface area contributed by atoms with Crippen LogP contribution < -0.4 is 0 Å². The molecule has 0 saturated heterocycles. The predicted octanol–water partition coefficient (Wildman–Crippen LogP) is 1.77. The molecule has 2 aromatic rings. The summed E-state index contributed by atoms with van der Waals surface area (Å²) >= 11 is 0. The zero-order chi connectivity index (χ0) is 21.7. The molecular weight excluding hydrogens is 428 g/mol. The zero-order valence-electron chi connectivity index (χ0n) is 14.8. The van der Waals surface area contributed by atoms with Crippen molar-refractivity contribution in [3.63, 3.8) is 0 Å². The quantitative estimate of drug-likeness (QED) is 0.302. The van der Waals surface area contributed by atoms with Crippen LogP contribution in [0.3, 0.4) is 0 Å². The number of benzene rings is 2. The Hall–Kier alpha value is -2.90. The highest BCUT2D eigenvalue weighted by Crippen LogP contribution is 2.19. The molecule has 0 bridgehead atoms. The molecule has 0 atom stereocenters. The van der Waals surface area contributed by atoms with E-state index in [1.54, 1.807) is 0 Å². The van der Waals surface area contributed by atoms with Gasteiger partial charge in [-0.3, -0.25) is 20.2 Å². The van der Waals surface area contributed by atoms with Crippen LogP contribution in [0.15, 0.2) is 58.3 Å². The van der Waals surface area contributed by atoms with Gasteiger partial charge in [-0.05, 0) is 12.1 Å².